The van der Waals surface area contributed by atoms with Crippen LogP contribution in [-0.4, -0.2) is 31.5 Å². The Kier molecular flexibility index (Phi) is 7.97. The lowest BCUT2D eigenvalue weighted by Crippen LogP contribution is -2.32. The number of thioether (sulfide) groups is 1. The summed E-state index contributed by atoms with van der Waals surface area (Å²) in [4.78, 5) is 41.3. The van der Waals surface area contributed by atoms with Gasteiger partial charge in [-0.3, -0.25) is 9.59 Å². The molecule has 3 aromatic rings. The number of nitrogens with zero attached hydrogens (tertiary/aromatic N) is 1. The van der Waals surface area contributed by atoms with Crippen molar-refractivity contribution in [3.05, 3.63) is 94.0 Å². The molecule has 0 unspecified atom stereocenters. The number of nitrogens with one attached hydrogen (secondary N) is 1. The first-order valence-electron chi connectivity index (χ1n) is 11.2. The third-order valence-electron chi connectivity index (χ3n) is 5.24. The van der Waals surface area contributed by atoms with Crippen LogP contribution in [0, 0.1) is 0 Å². The van der Waals surface area contributed by atoms with E-state index in [1.54, 1.807) is 54.6 Å². The van der Waals surface area contributed by atoms with Gasteiger partial charge in [-0.2, -0.15) is 0 Å². The zero-order chi connectivity index (χ0) is 25.7. The Morgan fingerprint density at radius 2 is 1.67 bits per heavy atom. The minimum absolute atomic E-state index is 0.121. The summed E-state index contributed by atoms with van der Waals surface area (Å²) >= 11 is 7.17. The van der Waals surface area contributed by atoms with E-state index in [1.165, 1.54) is 19.2 Å². The van der Waals surface area contributed by atoms with Gasteiger partial charge in [0, 0.05) is 9.92 Å². The van der Waals surface area contributed by atoms with E-state index >= 15 is 0 Å². The van der Waals surface area contributed by atoms with Crippen molar-refractivity contribution < 1.29 is 23.9 Å². The van der Waals surface area contributed by atoms with Gasteiger partial charge in [-0.05, 0) is 67.1 Å². The summed E-state index contributed by atoms with van der Waals surface area (Å²) in [7, 11) is 1.53. The molecule has 184 valence electrons. The van der Waals surface area contributed by atoms with E-state index in [0.717, 1.165) is 21.6 Å². The summed E-state index contributed by atoms with van der Waals surface area (Å²) in [5.41, 5.74) is 1.34. The highest BCUT2D eigenvalue weighted by Crippen LogP contribution is 2.39. The zero-order valence-electron chi connectivity index (χ0n) is 19.6. The lowest BCUT2D eigenvalue weighted by molar-refractivity contribution is -0.120. The van der Waals surface area contributed by atoms with Gasteiger partial charge < -0.3 is 14.8 Å². The normalized spacial score (nSPS) is 13.2. The average Bonchev–Trinajstić information content (AvgIpc) is 3.12. The molecule has 1 aliphatic heterocycles. The maximum atomic E-state index is 13.6. The summed E-state index contributed by atoms with van der Waals surface area (Å²) in [5, 5.41) is 3.66. The number of hydrogen-bond donors (Lipinski definition) is 1. The number of esters is 1. The first-order chi connectivity index (χ1) is 17.4. The fourth-order valence-corrected chi connectivity index (χ4v) is 4.53. The Hall–Kier alpha value is -3.75. The molecule has 4 rings (SSSR count). The fraction of sp³-hybridized carbons (Fsp3) is 0.148. The van der Waals surface area contributed by atoms with Crippen LogP contribution in [0.3, 0.4) is 0 Å². The molecule has 0 fully saturated rings. The third kappa shape index (κ3) is 5.40. The van der Waals surface area contributed by atoms with Crippen LogP contribution < -0.4 is 15.0 Å². The number of benzene rings is 3. The number of imide groups is 1. The zero-order valence-corrected chi connectivity index (χ0v) is 21.2. The van der Waals surface area contributed by atoms with Crippen molar-refractivity contribution in [2.24, 2.45) is 0 Å². The Morgan fingerprint density at radius 3 is 2.33 bits per heavy atom. The maximum absolute atomic E-state index is 13.6. The molecule has 7 nitrogen and oxygen atoms in total. The van der Waals surface area contributed by atoms with E-state index in [1.807, 2.05) is 13.0 Å². The van der Waals surface area contributed by atoms with Gasteiger partial charge in [-0.15, -0.1) is 0 Å². The number of carbonyl (C=O) groups excluding carboxylic acids is 3. The van der Waals surface area contributed by atoms with Crippen molar-refractivity contribution in [3.63, 3.8) is 0 Å². The molecule has 1 aliphatic rings. The summed E-state index contributed by atoms with van der Waals surface area (Å²) in [6.45, 7) is 2.22. The van der Waals surface area contributed by atoms with Crippen LogP contribution in [0.25, 0.3) is 0 Å². The van der Waals surface area contributed by atoms with Crippen LogP contribution in [-0.2, 0) is 14.3 Å². The highest BCUT2D eigenvalue weighted by Gasteiger charge is 2.40. The smallest absolute Gasteiger partial charge is 0.338 e. The van der Waals surface area contributed by atoms with E-state index in [4.69, 9.17) is 21.1 Å². The molecule has 0 spiro atoms. The van der Waals surface area contributed by atoms with Gasteiger partial charge >= 0.3 is 5.97 Å². The van der Waals surface area contributed by atoms with Gasteiger partial charge in [0.2, 0.25) is 0 Å². The van der Waals surface area contributed by atoms with Crippen LogP contribution in [0.1, 0.15) is 23.7 Å². The molecule has 0 saturated heterocycles. The third-order valence-corrected chi connectivity index (χ3v) is 6.58. The van der Waals surface area contributed by atoms with Crippen LogP contribution in [0.5, 0.6) is 5.75 Å². The van der Waals surface area contributed by atoms with Crippen LogP contribution in [0.2, 0.25) is 5.02 Å². The Labute approximate surface area is 218 Å². The van der Waals surface area contributed by atoms with E-state index in [0.29, 0.717) is 40.7 Å². The second-order valence-electron chi connectivity index (χ2n) is 7.71. The van der Waals surface area contributed by atoms with Crippen LogP contribution in [0.15, 0.2) is 88.3 Å². The van der Waals surface area contributed by atoms with Crippen molar-refractivity contribution in [2.45, 2.75) is 18.2 Å². The van der Waals surface area contributed by atoms with Gasteiger partial charge in [0.1, 0.15) is 16.4 Å². The Bertz CT molecular complexity index is 1320. The molecule has 9 heteroatoms. The predicted molar refractivity (Wildman–Crippen MR) is 140 cm³/mol. The number of hydrogen-bond acceptors (Lipinski definition) is 7. The number of para-hydroxylation sites is 2. The lowest BCUT2D eigenvalue weighted by Gasteiger charge is -2.16. The molecule has 3 aromatic carbocycles. The van der Waals surface area contributed by atoms with Crippen molar-refractivity contribution in [3.8, 4) is 5.75 Å². The van der Waals surface area contributed by atoms with Crippen molar-refractivity contribution in [1.82, 2.24) is 0 Å². The number of methoxy groups -OCH3 is 1. The highest BCUT2D eigenvalue weighted by molar-refractivity contribution is 8.04. The molecule has 1 N–H and O–H groups in total. The van der Waals surface area contributed by atoms with Crippen molar-refractivity contribution >= 4 is 52.5 Å². The van der Waals surface area contributed by atoms with Crippen LogP contribution >= 0.6 is 23.4 Å². The van der Waals surface area contributed by atoms with Gasteiger partial charge in [0.15, 0.2) is 0 Å². The van der Waals surface area contributed by atoms with Crippen molar-refractivity contribution in [1.29, 1.82) is 0 Å². The maximum Gasteiger partial charge on any atom is 0.338 e. The molecule has 2 amide bonds. The molecular formula is C27H23ClN2O5S. The van der Waals surface area contributed by atoms with E-state index < -0.39 is 17.8 Å². The number of halogens is 1. The minimum atomic E-state index is -0.524. The van der Waals surface area contributed by atoms with Gasteiger partial charge in [0.25, 0.3) is 11.8 Å². The first kappa shape index (κ1) is 25.3. The average molecular weight is 523 g/mol. The number of amides is 2. The summed E-state index contributed by atoms with van der Waals surface area (Å²) < 4.78 is 10.6. The molecule has 0 atom stereocenters. The molecular weight excluding hydrogens is 500 g/mol. The standard InChI is InChI=1S/C27H23ClN2O5S/c1-3-16-35-27(33)17-8-12-19(13-9-17)30-25(31)23(29-21-6-4-5-7-22(21)34-2)24(26(30)32)36-20-14-10-18(28)11-15-20/h4-15,29H,3,16H2,1-2H3. The van der Waals surface area contributed by atoms with Crippen molar-refractivity contribution in [2.75, 3.05) is 23.9 Å². The second kappa shape index (κ2) is 11.3. The topological polar surface area (TPSA) is 84.9 Å². The second-order valence-corrected chi connectivity index (χ2v) is 9.23. The number of anilines is 2. The number of carbonyl (C=O) groups is 3. The summed E-state index contributed by atoms with van der Waals surface area (Å²) in [6, 6.07) is 20.3. The predicted octanol–water partition coefficient (Wildman–Crippen LogP) is 5.90. The van der Waals surface area contributed by atoms with Crippen LogP contribution in [0.4, 0.5) is 11.4 Å². The lowest BCUT2D eigenvalue weighted by atomic mass is 10.2. The SMILES string of the molecule is CCCOC(=O)c1ccc(N2C(=O)C(Nc3ccccc3OC)=C(Sc3ccc(Cl)cc3)C2=O)cc1. The number of rotatable bonds is 9. The molecule has 0 bridgehead atoms. The molecule has 36 heavy (non-hydrogen) atoms. The highest BCUT2D eigenvalue weighted by atomic mass is 35.5. The monoisotopic (exact) mass is 522 g/mol. The fourth-order valence-electron chi connectivity index (χ4n) is 3.48. The van der Waals surface area contributed by atoms with E-state index in [2.05, 4.69) is 5.32 Å². The van der Waals surface area contributed by atoms with E-state index in [-0.39, 0.29) is 10.6 Å². The van der Waals surface area contributed by atoms with E-state index in [9.17, 15) is 14.4 Å². The largest absolute Gasteiger partial charge is 0.495 e. The number of ether oxygens (including phenoxy) is 2. The molecule has 1 heterocycles. The molecule has 0 aromatic heterocycles. The Balaban J connectivity index is 1.68. The van der Waals surface area contributed by atoms with Gasteiger partial charge in [0.05, 0.1) is 30.7 Å². The Morgan fingerprint density at radius 1 is 0.972 bits per heavy atom. The summed E-state index contributed by atoms with van der Waals surface area (Å²) in [6.07, 6.45) is 0.711. The molecule has 0 saturated carbocycles. The van der Waals surface area contributed by atoms with Gasteiger partial charge in [-0.1, -0.05) is 42.4 Å². The molecule has 0 aliphatic carbocycles. The molecule has 0 radical (unpaired) electrons. The van der Waals surface area contributed by atoms with Gasteiger partial charge in [-0.25, -0.2) is 9.69 Å². The first-order valence-corrected chi connectivity index (χ1v) is 12.4. The summed E-state index contributed by atoms with van der Waals surface area (Å²) in [5.74, 6) is -0.949. The minimum Gasteiger partial charge on any atom is -0.495 e. The quantitative estimate of drug-likeness (QED) is 0.276.